The van der Waals surface area contributed by atoms with Crippen molar-refractivity contribution in [3.63, 3.8) is 0 Å². The minimum atomic E-state index is -3.06. The van der Waals surface area contributed by atoms with Gasteiger partial charge in [-0.3, -0.25) is 0 Å². The molecule has 0 saturated heterocycles. The smallest absolute Gasteiger partial charge is 0.182 e. The second-order valence-electron chi connectivity index (χ2n) is 3.15. The van der Waals surface area contributed by atoms with E-state index in [1.807, 2.05) is 6.07 Å². The first-order valence-electron chi connectivity index (χ1n) is 4.05. The average molecular weight is 261 g/mol. The lowest BCUT2D eigenvalue weighted by atomic mass is 10.4. The van der Waals surface area contributed by atoms with Crippen LogP contribution in [0.4, 0.5) is 0 Å². The van der Waals surface area contributed by atoms with Crippen molar-refractivity contribution in [3.05, 3.63) is 30.3 Å². The van der Waals surface area contributed by atoms with Crippen molar-refractivity contribution in [1.82, 2.24) is 0 Å². The Kier molecular flexibility index (Phi) is 2.20. The van der Waals surface area contributed by atoms with E-state index in [1.54, 1.807) is 24.3 Å². The molecule has 70 valence electrons. The van der Waals surface area contributed by atoms with Crippen LogP contribution in [-0.2, 0) is 9.84 Å². The fourth-order valence-corrected chi connectivity index (χ4v) is 4.49. The predicted octanol–water partition coefficient (Wildman–Crippen LogP) is 2.00. The van der Waals surface area contributed by atoms with Gasteiger partial charge >= 0.3 is 0 Å². The molecule has 2 atom stereocenters. The predicted molar refractivity (Wildman–Crippen MR) is 54.7 cm³/mol. The van der Waals surface area contributed by atoms with Gasteiger partial charge in [0.15, 0.2) is 9.84 Å². The molecule has 4 heteroatoms. The van der Waals surface area contributed by atoms with Crippen LogP contribution in [0.5, 0.6) is 0 Å². The minimum absolute atomic E-state index is 0.151. The summed E-state index contributed by atoms with van der Waals surface area (Å²) in [6.45, 7) is 0. The van der Waals surface area contributed by atoms with Crippen LogP contribution in [0, 0.1) is 0 Å². The molecule has 0 radical (unpaired) electrons. The Hall–Kier alpha value is -0.350. The molecule has 1 saturated carbocycles. The van der Waals surface area contributed by atoms with E-state index >= 15 is 0 Å². The molecule has 2 rings (SSSR count). The molecule has 0 spiro atoms. The molecular formula is C9H9BrO2S. The van der Waals surface area contributed by atoms with Crippen molar-refractivity contribution < 1.29 is 8.42 Å². The second-order valence-corrected chi connectivity index (χ2v) is 6.49. The van der Waals surface area contributed by atoms with Crippen molar-refractivity contribution in [3.8, 4) is 0 Å². The quantitative estimate of drug-likeness (QED) is 0.763. The third-order valence-electron chi connectivity index (χ3n) is 2.13. The molecule has 1 aliphatic rings. The minimum Gasteiger partial charge on any atom is -0.223 e. The maximum atomic E-state index is 11.8. The first kappa shape index (κ1) is 9.21. The van der Waals surface area contributed by atoms with Crippen LogP contribution >= 0.6 is 15.9 Å². The van der Waals surface area contributed by atoms with Crippen LogP contribution in [0.2, 0.25) is 0 Å². The summed E-state index contributed by atoms with van der Waals surface area (Å²) in [5.41, 5.74) is 0. The zero-order valence-corrected chi connectivity index (χ0v) is 9.25. The van der Waals surface area contributed by atoms with E-state index in [2.05, 4.69) is 15.9 Å². The molecule has 1 aromatic rings. The van der Waals surface area contributed by atoms with Crippen molar-refractivity contribution in [2.24, 2.45) is 0 Å². The summed E-state index contributed by atoms with van der Waals surface area (Å²) in [5, 5.41) is -0.213. The highest BCUT2D eigenvalue weighted by atomic mass is 79.9. The molecule has 0 N–H and O–H groups in total. The number of halogens is 1. The first-order valence-corrected chi connectivity index (χ1v) is 6.51. The van der Waals surface area contributed by atoms with Gasteiger partial charge in [-0.1, -0.05) is 34.1 Å². The molecule has 0 aromatic heterocycles. The van der Waals surface area contributed by atoms with Crippen molar-refractivity contribution >= 4 is 25.8 Å². The van der Waals surface area contributed by atoms with Gasteiger partial charge < -0.3 is 0 Å². The highest BCUT2D eigenvalue weighted by Gasteiger charge is 2.46. The molecular weight excluding hydrogens is 252 g/mol. The second kappa shape index (κ2) is 3.10. The van der Waals surface area contributed by atoms with E-state index in [4.69, 9.17) is 0 Å². The number of hydrogen-bond acceptors (Lipinski definition) is 2. The third-order valence-corrected chi connectivity index (χ3v) is 5.74. The number of rotatable bonds is 2. The molecule has 1 aliphatic carbocycles. The van der Waals surface area contributed by atoms with E-state index in [1.165, 1.54) is 0 Å². The van der Waals surface area contributed by atoms with Crippen LogP contribution in [0.1, 0.15) is 6.42 Å². The summed E-state index contributed by atoms with van der Waals surface area (Å²) in [5.74, 6) is 0. The molecule has 0 heterocycles. The largest absolute Gasteiger partial charge is 0.223 e. The van der Waals surface area contributed by atoms with E-state index in [9.17, 15) is 8.42 Å². The summed E-state index contributed by atoms with van der Waals surface area (Å²) in [6, 6.07) is 8.61. The van der Waals surface area contributed by atoms with Crippen LogP contribution in [-0.4, -0.2) is 18.5 Å². The molecule has 2 unspecified atom stereocenters. The van der Waals surface area contributed by atoms with Crippen molar-refractivity contribution in [2.45, 2.75) is 21.4 Å². The lowest BCUT2D eigenvalue weighted by Crippen LogP contribution is -2.08. The van der Waals surface area contributed by atoms with E-state index in [0.29, 0.717) is 4.90 Å². The number of benzene rings is 1. The number of alkyl halides is 1. The van der Waals surface area contributed by atoms with Crippen LogP contribution < -0.4 is 0 Å². The van der Waals surface area contributed by atoms with Gasteiger partial charge in [0.25, 0.3) is 0 Å². The molecule has 1 aromatic carbocycles. The fraction of sp³-hybridized carbons (Fsp3) is 0.333. The Morgan fingerprint density at radius 1 is 1.23 bits per heavy atom. The van der Waals surface area contributed by atoms with Gasteiger partial charge in [-0.05, 0) is 18.6 Å². The van der Waals surface area contributed by atoms with Gasteiger partial charge in [0.1, 0.15) is 0 Å². The Labute approximate surface area is 86.0 Å². The Balaban J connectivity index is 2.36. The highest BCUT2D eigenvalue weighted by Crippen LogP contribution is 2.39. The van der Waals surface area contributed by atoms with Gasteiger partial charge in [-0.25, -0.2) is 8.42 Å². The molecule has 0 bridgehead atoms. The molecule has 0 amide bonds. The molecule has 0 aliphatic heterocycles. The summed E-state index contributed by atoms with van der Waals surface area (Å²) >= 11 is 3.30. The maximum Gasteiger partial charge on any atom is 0.182 e. The highest BCUT2D eigenvalue weighted by molar-refractivity contribution is 9.09. The zero-order chi connectivity index (χ0) is 9.47. The van der Waals surface area contributed by atoms with Gasteiger partial charge in [0.2, 0.25) is 0 Å². The van der Waals surface area contributed by atoms with Crippen LogP contribution in [0.25, 0.3) is 0 Å². The fourth-order valence-electron chi connectivity index (χ4n) is 1.25. The molecule has 1 fully saturated rings. The zero-order valence-electron chi connectivity index (χ0n) is 6.85. The summed E-state index contributed by atoms with van der Waals surface area (Å²) in [6.07, 6.45) is 0.733. The summed E-state index contributed by atoms with van der Waals surface area (Å²) in [4.78, 5) is 0.583. The Morgan fingerprint density at radius 2 is 1.77 bits per heavy atom. The van der Waals surface area contributed by atoms with Gasteiger partial charge in [-0.15, -0.1) is 0 Å². The standard InChI is InChI=1S/C9H9BrO2S/c10-8-6-9(8)13(11,12)7-4-2-1-3-5-7/h1-5,8-9H,6H2. The normalized spacial score (nSPS) is 27.2. The lowest BCUT2D eigenvalue weighted by Gasteiger charge is -2.00. The maximum absolute atomic E-state index is 11.8. The van der Waals surface area contributed by atoms with E-state index in [-0.39, 0.29) is 10.1 Å². The SMILES string of the molecule is O=S(=O)(c1ccccc1)C1CC1Br. The monoisotopic (exact) mass is 260 g/mol. The van der Waals surface area contributed by atoms with Crippen molar-refractivity contribution in [2.75, 3.05) is 0 Å². The Morgan fingerprint density at radius 3 is 2.23 bits per heavy atom. The summed E-state index contributed by atoms with van der Waals surface area (Å²) in [7, 11) is -3.06. The molecule has 13 heavy (non-hydrogen) atoms. The molecule has 2 nitrogen and oxygen atoms in total. The van der Waals surface area contributed by atoms with Gasteiger partial charge in [0, 0.05) is 4.83 Å². The van der Waals surface area contributed by atoms with Crippen molar-refractivity contribution in [1.29, 1.82) is 0 Å². The van der Waals surface area contributed by atoms with E-state index < -0.39 is 9.84 Å². The Bertz CT molecular complexity index is 399. The average Bonchev–Trinajstić information content (AvgIpc) is 2.85. The number of sulfone groups is 1. The topological polar surface area (TPSA) is 34.1 Å². The van der Waals surface area contributed by atoms with Gasteiger partial charge in [-0.2, -0.15) is 0 Å². The number of hydrogen-bond donors (Lipinski definition) is 0. The third kappa shape index (κ3) is 1.65. The van der Waals surface area contributed by atoms with Gasteiger partial charge in [0.05, 0.1) is 10.1 Å². The van der Waals surface area contributed by atoms with E-state index in [0.717, 1.165) is 6.42 Å². The first-order chi connectivity index (χ1) is 6.12. The lowest BCUT2D eigenvalue weighted by molar-refractivity contribution is 0.595. The van der Waals surface area contributed by atoms with Crippen LogP contribution in [0.15, 0.2) is 35.2 Å². The van der Waals surface area contributed by atoms with Crippen LogP contribution in [0.3, 0.4) is 0 Å². The summed E-state index contributed by atoms with van der Waals surface area (Å²) < 4.78 is 23.5.